The van der Waals surface area contributed by atoms with Gasteiger partial charge in [-0.3, -0.25) is 9.52 Å². The minimum Gasteiger partial charge on any atom is -0.357 e. The van der Waals surface area contributed by atoms with Gasteiger partial charge in [-0.2, -0.15) is 0 Å². The summed E-state index contributed by atoms with van der Waals surface area (Å²) in [5, 5.41) is 0.776. The standard InChI is InChI=1S/C26H27N5O3S/c1-5-35(33,34)29-22-12-19(21-15-30(4)26(32)24-20(21)10-11-27-24)13-23-25(22)28-17(3)31(23)14-18-8-6-16(2)7-9-18/h6-13,15,27,29H,5,14H2,1-4H3. The fourth-order valence-corrected chi connectivity index (χ4v) is 5.02. The van der Waals surface area contributed by atoms with E-state index in [2.05, 4.69) is 45.5 Å². The Labute approximate surface area is 203 Å². The summed E-state index contributed by atoms with van der Waals surface area (Å²) in [5.74, 6) is 0.728. The van der Waals surface area contributed by atoms with E-state index in [1.54, 1.807) is 32.4 Å². The maximum atomic E-state index is 12.6. The third-order valence-electron chi connectivity index (χ3n) is 6.36. The summed E-state index contributed by atoms with van der Waals surface area (Å²) in [6.07, 6.45) is 3.52. The zero-order valence-corrected chi connectivity index (χ0v) is 20.9. The van der Waals surface area contributed by atoms with Crippen LogP contribution in [0, 0.1) is 13.8 Å². The van der Waals surface area contributed by atoms with Crippen molar-refractivity contribution in [2.75, 3.05) is 10.5 Å². The second-order valence-corrected chi connectivity index (χ2v) is 10.9. The highest BCUT2D eigenvalue weighted by molar-refractivity contribution is 7.92. The van der Waals surface area contributed by atoms with Gasteiger partial charge in [0.1, 0.15) is 16.9 Å². The Kier molecular flexibility index (Phi) is 5.52. The van der Waals surface area contributed by atoms with Crippen LogP contribution in [0.25, 0.3) is 33.1 Å². The van der Waals surface area contributed by atoms with Crippen LogP contribution in [0.3, 0.4) is 0 Å². The number of rotatable bonds is 6. The summed E-state index contributed by atoms with van der Waals surface area (Å²) < 4.78 is 31.4. The predicted octanol–water partition coefficient (Wildman–Crippen LogP) is 4.31. The van der Waals surface area contributed by atoms with E-state index in [1.807, 2.05) is 19.1 Å². The van der Waals surface area contributed by atoms with E-state index >= 15 is 0 Å². The van der Waals surface area contributed by atoms with E-state index in [-0.39, 0.29) is 11.3 Å². The van der Waals surface area contributed by atoms with E-state index in [9.17, 15) is 13.2 Å². The van der Waals surface area contributed by atoms with E-state index < -0.39 is 10.0 Å². The number of H-pyrrole nitrogens is 1. The van der Waals surface area contributed by atoms with Gasteiger partial charge in [-0.05, 0) is 50.1 Å². The lowest BCUT2D eigenvalue weighted by atomic mass is 10.0. The Morgan fingerprint density at radius 2 is 1.83 bits per heavy atom. The van der Waals surface area contributed by atoms with Crippen molar-refractivity contribution >= 4 is 37.6 Å². The molecule has 2 N–H and O–H groups in total. The molecule has 9 heteroatoms. The zero-order chi connectivity index (χ0) is 24.9. The van der Waals surface area contributed by atoms with E-state index in [1.165, 1.54) is 10.1 Å². The smallest absolute Gasteiger partial charge is 0.274 e. The molecule has 0 atom stereocenters. The molecule has 5 rings (SSSR count). The number of hydrogen-bond acceptors (Lipinski definition) is 4. The zero-order valence-electron chi connectivity index (χ0n) is 20.1. The summed E-state index contributed by atoms with van der Waals surface area (Å²) in [6, 6.07) is 14.0. The molecule has 3 heterocycles. The molecule has 5 aromatic rings. The lowest BCUT2D eigenvalue weighted by Crippen LogP contribution is -2.17. The maximum Gasteiger partial charge on any atom is 0.274 e. The van der Waals surface area contributed by atoms with Crippen molar-refractivity contribution in [2.24, 2.45) is 7.05 Å². The fraction of sp³-hybridized carbons (Fsp3) is 0.231. The maximum absolute atomic E-state index is 12.6. The highest BCUT2D eigenvalue weighted by Gasteiger charge is 2.19. The van der Waals surface area contributed by atoms with Gasteiger partial charge in [0.15, 0.2) is 0 Å². The summed E-state index contributed by atoms with van der Waals surface area (Å²) in [6.45, 7) is 6.16. The van der Waals surface area contributed by atoms with Gasteiger partial charge >= 0.3 is 0 Å². The van der Waals surface area contributed by atoms with Crippen molar-refractivity contribution in [3.8, 4) is 11.1 Å². The number of anilines is 1. The van der Waals surface area contributed by atoms with Gasteiger partial charge in [0, 0.05) is 36.9 Å². The molecule has 0 aliphatic heterocycles. The van der Waals surface area contributed by atoms with Crippen LogP contribution < -0.4 is 10.3 Å². The molecule has 0 aliphatic rings. The van der Waals surface area contributed by atoms with Gasteiger partial charge in [-0.1, -0.05) is 29.8 Å². The molecular formula is C26H27N5O3S. The second-order valence-electron chi connectivity index (χ2n) is 8.85. The first kappa shape index (κ1) is 22.9. The number of nitrogens with zero attached hydrogens (tertiary/aromatic N) is 3. The Hall–Kier alpha value is -3.85. The van der Waals surface area contributed by atoms with Crippen molar-refractivity contribution in [2.45, 2.75) is 27.3 Å². The molecule has 0 radical (unpaired) electrons. The monoisotopic (exact) mass is 489 g/mol. The van der Waals surface area contributed by atoms with Crippen LogP contribution in [-0.4, -0.2) is 33.3 Å². The number of sulfonamides is 1. The van der Waals surface area contributed by atoms with E-state index in [4.69, 9.17) is 4.98 Å². The quantitative estimate of drug-likeness (QED) is 0.371. The molecule has 0 fully saturated rings. The summed E-state index contributed by atoms with van der Waals surface area (Å²) in [4.78, 5) is 20.4. The first-order valence-electron chi connectivity index (χ1n) is 11.4. The molecule has 0 amide bonds. The minimum atomic E-state index is -3.54. The normalized spacial score (nSPS) is 12.0. The molecule has 2 aromatic carbocycles. The number of benzene rings is 2. The van der Waals surface area contributed by atoms with Gasteiger partial charge in [0.2, 0.25) is 10.0 Å². The highest BCUT2D eigenvalue weighted by atomic mass is 32.2. The Balaban J connectivity index is 1.78. The summed E-state index contributed by atoms with van der Waals surface area (Å²) >= 11 is 0. The minimum absolute atomic E-state index is 0.0519. The first-order valence-corrected chi connectivity index (χ1v) is 13.1. The molecule has 0 unspecified atom stereocenters. The average molecular weight is 490 g/mol. The van der Waals surface area contributed by atoms with Crippen molar-refractivity contribution in [1.29, 1.82) is 0 Å². The Morgan fingerprint density at radius 3 is 2.54 bits per heavy atom. The van der Waals surface area contributed by atoms with E-state index in [0.29, 0.717) is 23.3 Å². The fourth-order valence-electron chi connectivity index (χ4n) is 4.39. The number of aryl methyl sites for hydroxylation is 3. The molecule has 3 aromatic heterocycles. The van der Waals surface area contributed by atoms with Crippen molar-refractivity contribution in [1.82, 2.24) is 19.1 Å². The average Bonchev–Trinajstić information content (AvgIpc) is 3.43. The molecular weight excluding hydrogens is 462 g/mol. The number of hydrogen-bond donors (Lipinski definition) is 2. The topological polar surface area (TPSA) is 102 Å². The predicted molar refractivity (Wildman–Crippen MR) is 140 cm³/mol. The molecule has 0 aliphatic carbocycles. The van der Waals surface area contributed by atoms with Crippen LogP contribution in [0.1, 0.15) is 23.9 Å². The van der Waals surface area contributed by atoms with Gasteiger partial charge in [-0.25, -0.2) is 13.4 Å². The Bertz CT molecular complexity index is 1740. The summed E-state index contributed by atoms with van der Waals surface area (Å²) in [7, 11) is -1.83. The Morgan fingerprint density at radius 1 is 1.09 bits per heavy atom. The highest BCUT2D eigenvalue weighted by Crippen LogP contribution is 2.35. The van der Waals surface area contributed by atoms with Crippen LogP contribution in [0.2, 0.25) is 0 Å². The van der Waals surface area contributed by atoms with Crippen LogP contribution in [0.4, 0.5) is 5.69 Å². The van der Waals surface area contributed by atoms with Gasteiger partial charge in [0.25, 0.3) is 5.56 Å². The molecule has 0 bridgehead atoms. The van der Waals surface area contributed by atoms with Crippen LogP contribution >= 0.6 is 0 Å². The van der Waals surface area contributed by atoms with Gasteiger partial charge in [0.05, 0.1) is 17.0 Å². The molecule has 0 spiro atoms. The summed E-state index contributed by atoms with van der Waals surface area (Å²) in [5.41, 5.74) is 6.12. The lowest BCUT2D eigenvalue weighted by Gasteiger charge is -2.13. The third kappa shape index (κ3) is 4.12. The third-order valence-corrected chi connectivity index (χ3v) is 7.65. The van der Waals surface area contributed by atoms with Crippen LogP contribution in [0.5, 0.6) is 0 Å². The van der Waals surface area contributed by atoms with Crippen molar-refractivity contribution in [3.63, 3.8) is 0 Å². The van der Waals surface area contributed by atoms with Crippen molar-refractivity contribution < 1.29 is 8.42 Å². The molecule has 0 saturated heterocycles. The number of aromatic nitrogens is 4. The van der Waals surface area contributed by atoms with Crippen LogP contribution in [0.15, 0.2) is 59.7 Å². The SMILES string of the molecule is CCS(=O)(=O)Nc1cc(-c2cn(C)c(=O)c3[nH]ccc23)cc2c1nc(C)n2Cc1ccc(C)cc1. The van der Waals surface area contributed by atoms with Gasteiger partial charge < -0.3 is 14.1 Å². The van der Waals surface area contributed by atoms with Crippen LogP contribution in [-0.2, 0) is 23.6 Å². The molecule has 0 saturated carbocycles. The molecule has 35 heavy (non-hydrogen) atoms. The van der Waals surface area contributed by atoms with Crippen molar-refractivity contribution in [3.05, 3.63) is 82.2 Å². The van der Waals surface area contributed by atoms with Gasteiger partial charge in [-0.15, -0.1) is 0 Å². The molecule has 8 nitrogen and oxygen atoms in total. The number of nitrogens with one attached hydrogen (secondary N) is 2. The number of imidazole rings is 1. The lowest BCUT2D eigenvalue weighted by molar-refractivity contribution is 0.602. The second kappa shape index (κ2) is 8.42. The number of fused-ring (bicyclic) bond motifs is 2. The largest absolute Gasteiger partial charge is 0.357 e. The molecule has 180 valence electrons. The number of aromatic amines is 1. The number of pyridine rings is 1. The first-order chi connectivity index (χ1) is 16.7. The van der Waals surface area contributed by atoms with E-state index in [0.717, 1.165) is 33.4 Å².